The molecule has 0 bridgehead atoms. The fraction of sp³-hybridized carbons (Fsp3) is 0.500. The molecule has 2 N–H and O–H groups in total. The monoisotopic (exact) mass is 268 g/mol. The summed E-state index contributed by atoms with van der Waals surface area (Å²) >= 11 is 0. The maximum atomic E-state index is 13.5. The van der Waals surface area contributed by atoms with Crippen LogP contribution in [0.1, 0.15) is 18.4 Å². The smallest absolute Gasteiger partial charge is 0.226 e. The summed E-state index contributed by atoms with van der Waals surface area (Å²) in [5.74, 6) is -1.63. The number of amides is 1. The van der Waals surface area contributed by atoms with Crippen LogP contribution in [0.5, 0.6) is 0 Å². The molecule has 19 heavy (non-hydrogen) atoms. The van der Waals surface area contributed by atoms with Gasteiger partial charge in [0.05, 0.1) is 6.42 Å². The zero-order valence-electron chi connectivity index (χ0n) is 10.9. The molecule has 1 aliphatic carbocycles. The van der Waals surface area contributed by atoms with Crippen LogP contribution in [0.2, 0.25) is 0 Å². The summed E-state index contributed by atoms with van der Waals surface area (Å²) in [6, 6.07) is 4.13. The third-order valence-corrected chi connectivity index (χ3v) is 3.60. The molecule has 0 aromatic heterocycles. The highest BCUT2D eigenvalue weighted by Gasteiger charge is 2.28. The molecule has 1 fully saturated rings. The summed E-state index contributed by atoms with van der Waals surface area (Å²) in [5.41, 5.74) is 5.79. The summed E-state index contributed by atoms with van der Waals surface area (Å²) in [6.45, 7) is 0.628. The molecule has 1 saturated carbocycles. The molecule has 2 rings (SSSR count). The van der Waals surface area contributed by atoms with Gasteiger partial charge in [-0.2, -0.15) is 0 Å². The van der Waals surface area contributed by atoms with Crippen molar-refractivity contribution in [1.82, 2.24) is 4.90 Å². The Balaban J connectivity index is 1.91. The highest BCUT2D eigenvalue weighted by Crippen LogP contribution is 2.26. The van der Waals surface area contributed by atoms with Crippen LogP contribution < -0.4 is 5.73 Å². The third-order valence-electron chi connectivity index (χ3n) is 3.60. The number of nitrogens with two attached hydrogens (primary N) is 1. The van der Waals surface area contributed by atoms with E-state index in [1.807, 2.05) is 0 Å². The van der Waals surface area contributed by atoms with Crippen LogP contribution in [0, 0.1) is 17.6 Å². The van der Waals surface area contributed by atoms with Crippen LogP contribution in [0.25, 0.3) is 0 Å². The van der Waals surface area contributed by atoms with E-state index in [-0.39, 0.29) is 23.9 Å². The molecule has 0 unspecified atom stereocenters. The van der Waals surface area contributed by atoms with Gasteiger partial charge in [0, 0.05) is 25.2 Å². The molecule has 0 saturated heterocycles. The van der Waals surface area contributed by atoms with Crippen molar-refractivity contribution in [2.45, 2.75) is 25.3 Å². The minimum atomic E-state index is -0.935. The van der Waals surface area contributed by atoms with Crippen molar-refractivity contribution in [3.63, 3.8) is 0 Å². The molecule has 1 amide bonds. The second-order valence-electron chi connectivity index (χ2n) is 5.26. The summed E-state index contributed by atoms with van der Waals surface area (Å²) in [5, 5.41) is 0. The summed E-state index contributed by atoms with van der Waals surface area (Å²) in [7, 11) is 1.68. The lowest BCUT2D eigenvalue weighted by molar-refractivity contribution is -0.130. The Morgan fingerprint density at radius 1 is 1.42 bits per heavy atom. The molecule has 1 aromatic carbocycles. The van der Waals surface area contributed by atoms with Crippen LogP contribution in [-0.2, 0) is 11.2 Å². The Bertz CT molecular complexity index is 473. The fourth-order valence-electron chi connectivity index (χ4n) is 2.41. The van der Waals surface area contributed by atoms with Gasteiger partial charge in [0.1, 0.15) is 0 Å². The lowest BCUT2D eigenvalue weighted by Crippen LogP contribution is -2.43. The van der Waals surface area contributed by atoms with Gasteiger partial charge in [0.15, 0.2) is 11.6 Å². The Morgan fingerprint density at radius 3 is 2.74 bits per heavy atom. The minimum Gasteiger partial charge on any atom is -0.345 e. The van der Waals surface area contributed by atoms with Gasteiger partial charge < -0.3 is 10.6 Å². The standard InChI is InChI=1S/C14H18F2N2O/c1-18(8-9-5-11(17)6-9)13(19)7-10-3-2-4-12(15)14(10)16/h2-4,9,11H,5-8,17H2,1H3. The van der Waals surface area contributed by atoms with Crippen LogP contribution in [0.3, 0.4) is 0 Å². The maximum Gasteiger partial charge on any atom is 0.226 e. The summed E-state index contributed by atoms with van der Waals surface area (Å²) in [4.78, 5) is 13.5. The number of halogens is 2. The topological polar surface area (TPSA) is 46.3 Å². The Labute approximate surface area is 111 Å². The molecule has 0 radical (unpaired) electrons. The first kappa shape index (κ1) is 13.9. The molecular weight excluding hydrogens is 250 g/mol. The number of carbonyl (C=O) groups is 1. The fourth-order valence-corrected chi connectivity index (χ4v) is 2.41. The first-order chi connectivity index (χ1) is 8.97. The van der Waals surface area contributed by atoms with Gasteiger partial charge in [-0.3, -0.25) is 4.79 Å². The summed E-state index contributed by atoms with van der Waals surface area (Å²) in [6.07, 6.45) is 1.73. The van der Waals surface area contributed by atoms with Crippen molar-refractivity contribution >= 4 is 5.91 Å². The largest absolute Gasteiger partial charge is 0.345 e. The zero-order chi connectivity index (χ0) is 14.0. The molecule has 0 aliphatic heterocycles. The van der Waals surface area contributed by atoms with Crippen LogP contribution in [-0.4, -0.2) is 30.4 Å². The van der Waals surface area contributed by atoms with E-state index >= 15 is 0 Å². The number of likely N-dealkylation sites (N-methyl/N-ethyl adjacent to an activating group) is 1. The van der Waals surface area contributed by atoms with Crippen LogP contribution >= 0.6 is 0 Å². The van der Waals surface area contributed by atoms with Gasteiger partial charge in [-0.05, 0) is 24.8 Å². The van der Waals surface area contributed by atoms with Crippen molar-refractivity contribution in [2.24, 2.45) is 11.7 Å². The van der Waals surface area contributed by atoms with E-state index in [4.69, 9.17) is 5.73 Å². The Hall–Kier alpha value is -1.49. The Kier molecular flexibility index (Phi) is 4.14. The van der Waals surface area contributed by atoms with E-state index in [9.17, 15) is 13.6 Å². The highest BCUT2D eigenvalue weighted by atomic mass is 19.2. The van der Waals surface area contributed by atoms with Gasteiger partial charge in [-0.15, -0.1) is 0 Å². The van der Waals surface area contributed by atoms with E-state index in [0.717, 1.165) is 18.9 Å². The number of nitrogens with zero attached hydrogens (tertiary/aromatic N) is 1. The van der Waals surface area contributed by atoms with E-state index in [2.05, 4.69) is 0 Å². The quantitative estimate of drug-likeness (QED) is 0.903. The van der Waals surface area contributed by atoms with Crippen LogP contribution in [0.15, 0.2) is 18.2 Å². The summed E-state index contributed by atoms with van der Waals surface area (Å²) < 4.78 is 26.5. The van der Waals surface area contributed by atoms with Gasteiger partial charge in [0.2, 0.25) is 5.91 Å². The second kappa shape index (κ2) is 5.65. The third kappa shape index (κ3) is 3.29. The van der Waals surface area contributed by atoms with E-state index < -0.39 is 11.6 Å². The van der Waals surface area contributed by atoms with E-state index in [0.29, 0.717) is 12.5 Å². The van der Waals surface area contributed by atoms with Gasteiger partial charge >= 0.3 is 0 Å². The number of rotatable bonds is 4. The average Bonchev–Trinajstić information content (AvgIpc) is 2.33. The van der Waals surface area contributed by atoms with E-state index in [1.54, 1.807) is 11.9 Å². The number of benzene rings is 1. The molecule has 1 aliphatic rings. The predicted octanol–water partition coefficient (Wildman–Crippen LogP) is 1.70. The SMILES string of the molecule is CN(CC1CC(N)C1)C(=O)Cc1cccc(F)c1F. The molecule has 5 heteroatoms. The van der Waals surface area contributed by atoms with Gasteiger partial charge in [0.25, 0.3) is 0 Å². The van der Waals surface area contributed by atoms with Gasteiger partial charge in [-0.1, -0.05) is 12.1 Å². The maximum absolute atomic E-state index is 13.5. The van der Waals surface area contributed by atoms with Crippen molar-refractivity contribution in [2.75, 3.05) is 13.6 Å². The molecule has 104 valence electrons. The molecule has 0 spiro atoms. The van der Waals surface area contributed by atoms with Crippen molar-refractivity contribution in [3.05, 3.63) is 35.4 Å². The lowest BCUT2D eigenvalue weighted by atomic mass is 9.80. The minimum absolute atomic E-state index is 0.0992. The van der Waals surface area contributed by atoms with E-state index in [1.165, 1.54) is 12.1 Å². The van der Waals surface area contributed by atoms with Crippen LogP contribution in [0.4, 0.5) is 8.78 Å². The first-order valence-corrected chi connectivity index (χ1v) is 6.39. The second-order valence-corrected chi connectivity index (χ2v) is 5.26. The predicted molar refractivity (Wildman–Crippen MR) is 68.4 cm³/mol. The Morgan fingerprint density at radius 2 is 2.11 bits per heavy atom. The van der Waals surface area contributed by atoms with Crippen molar-refractivity contribution < 1.29 is 13.6 Å². The zero-order valence-corrected chi connectivity index (χ0v) is 10.9. The van der Waals surface area contributed by atoms with Gasteiger partial charge in [-0.25, -0.2) is 8.78 Å². The average molecular weight is 268 g/mol. The van der Waals surface area contributed by atoms with Crippen molar-refractivity contribution in [1.29, 1.82) is 0 Å². The molecular formula is C14H18F2N2O. The number of hydrogen-bond acceptors (Lipinski definition) is 2. The molecule has 0 heterocycles. The highest BCUT2D eigenvalue weighted by molar-refractivity contribution is 5.78. The first-order valence-electron chi connectivity index (χ1n) is 6.39. The molecule has 1 aromatic rings. The van der Waals surface area contributed by atoms with Crippen molar-refractivity contribution in [3.8, 4) is 0 Å². The number of carbonyl (C=O) groups excluding carboxylic acids is 1. The molecule has 3 nitrogen and oxygen atoms in total. The number of hydrogen-bond donors (Lipinski definition) is 1. The normalized spacial score (nSPS) is 21.9. The lowest BCUT2D eigenvalue weighted by Gasteiger charge is -2.35. The molecule has 0 atom stereocenters.